The van der Waals surface area contributed by atoms with Gasteiger partial charge in [-0.3, -0.25) is 9.69 Å². The average molecular weight is 342 g/mol. The summed E-state index contributed by atoms with van der Waals surface area (Å²) in [5, 5.41) is 14.2. The number of aliphatic hydroxyl groups is 1. The first-order chi connectivity index (χ1) is 12.1. The molecule has 5 nitrogen and oxygen atoms in total. The van der Waals surface area contributed by atoms with E-state index in [9.17, 15) is 9.90 Å². The van der Waals surface area contributed by atoms with Crippen molar-refractivity contribution >= 4 is 5.91 Å². The zero-order valence-electron chi connectivity index (χ0n) is 14.6. The molecular formula is C20H26N2O3. The number of fused-ring (bicyclic) bond motifs is 4. The molecule has 0 radical (unpaired) electrons. The van der Waals surface area contributed by atoms with Gasteiger partial charge in [0, 0.05) is 12.6 Å². The van der Waals surface area contributed by atoms with E-state index >= 15 is 0 Å². The Hall–Kier alpha value is -1.85. The monoisotopic (exact) mass is 342 g/mol. The van der Waals surface area contributed by atoms with Crippen LogP contribution in [0.15, 0.2) is 47.8 Å². The minimum atomic E-state index is -0.613. The predicted molar refractivity (Wildman–Crippen MR) is 95.6 cm³/mol. The van der Waals surface area contributed by atoms with E-state index in [2.05, 4.69) is 22.9 Å². The molecule has 134 valence electrons. The maximum atomic E-state index is 12.2. The number of aliphatic hydroxyl groups excluding tert-OH is 1. The van der Waals surface area contributed by atoms with Crippen molar-refractivity contribution < 1.29 is 14.6 Å². The quantitative estimate of drug-likeness (QED) is 0.761. The number of nitrogens with zero attached hydrogens (tertiary/aromatic N) is 1. The van der Waals surface area contributed by atoms with E-state index in [1.54, 1.807) is 7.11 Å². The molecule has 0 aromatic rings. The van der Waals surface area contributed by atoms with Crippen LogP contribution < -0.4 is 5.32 Å². The predicted octanol–water partition coefficient (Wildman–Crippen LogP) is 1.53. The van der Waals surface area contributed by atoms with Crippen LogP contribution in [0.25, 0.3) is 0 Å². The van der Waals surface area contributed by atoms with E-state index in [4.69, 9.17) is 4.74 Å². The van der Waals surface area contributed by atoms with Crippen molar-refractivity contribution in [1.29, 1.82) is 0 Å². The normalized spacial score (nSPS) is 37.9. The van der Waals surface area contributed by atoms with Crippen LogP contribution in [0.3, 0.4) is 0 Å². The van der Waals surface area contributed by atoms with E-state index < -0.39 is 6.10 Å². The molecule has 2 N–H and O–H groups in total. The summed E-state index contributed by atoms with van der Waals surface area (Å²) in [6.07, 6.45) is 9.59. The summed E-state index contributed by atoms with van der Waals surface area (Å²) in [7, 11) is 1.63. The Kier molecular flexibility index (Phi) is 4.29. The average Bonchev–Trinajstić information content (AvgIpc) is 2.66. The third-order valence-electron chi connectivity index (χ3n) is 6.24. The molecule has 5 rings (SSSR count). The van der Waals surface area contributed by atoms with Crippen LogP contribution in [-0.2, 0) is 9.53 Å². The van der Waals surface area contributed by atoms with Crippen LogP contribution in [0.4, 0.5) is 0 Å². The molecule has 0 spiro atoms. The number of ether oxygens (including phenoxy) is 1. The molecule has 6 atom stereocenters. The Bertz CT molecular complexity index is 678. The summed E-state index contributed by atoms with van der Waals surface area (Å²) < 4.78 is 5.34. The first-order valence-electron chi connectivity index (χ1n) is 9.11. The molecule has 4 aliphatic heterocycles. The van der Waals surface area contributed by atoms with Gasteiger partial charge in [-0.2, -0.15) is 0 Å². The minimum absolute atomic E-state index is 0.0262. The Morgan fingerprint density at radius 2 is 2.36 bits per heavy atom. The summed E-state index contributed by atoms with van der Waals surface area (Å²) in [4.78, 5) is 14.5. The molecule has 25 heavy (non-hydrogen) atoms. The van der Waals surface area contributed by atoms with Crippen LogP contribution in [-0.4, -0.2) is 54.3 Å². The highest BCUT2D eigenvalue weighted by molar-refractivity contribution is 5.82. The smallest absolute Gasteiger partial charge is 0.224 e. The van der Waals surface area contributed by atoms with Gasteiger partial charge in [-0.1, -0.05) is 12.2 Å². The molecule has 2 bridgehead atoms. The number of amides is 1. The molecule has 0 aromatic heterocycles. The molecule has 6 unspecified atom stereocenters. The molecule has 0 saturated carbocycles. The van der Waals surface area contributed by atoms with Crippen LogP contribution in [0.5, 0.6) is 0 Å². The summed E-state index contributed by atoms with van der Waals surface area (Å²) in [6, 6.07) is -0.0733. The van der Waals surface area contributed by atoms with Gasteiger partial charge in [-0.25, -0.2) is 0 Å². The lowest BCUT2D eigenvalue weighted by Crippen LogP contribution is -2.58. The van der Waals surface area contributed by atoms with Gasteiger partial charge in [0.05, 0.1) is 25.7 Å². The lowest BCUT2D eigenvalue weighted by atomic mass is 9.72. The van der Waals surface area contributed by atoms with Crippen LogP contribution in [0.1, 0.15) is 19.3 Å². The first kappa shape index (κ1) is 16.6. The van der Waals surface area contributed by atoms with Crippen molar-refractivity contribution in [3.63, 3.8) is 0 Å². The summed E-state index contributed by atoms with van der Waals surface area (Å²) in [5.41, 5.74) is 1.83. The van der Waals surface area contributed by atoms with Crippen molar-refractivity contribution in [1.82, 2.24) is 10.2 Å². The Morgan fingerprint density at radius 3 is 3.04 bits per heavy atom. The minimum Gasteiger partial charge on any atom is -0.497 e. The maximum absolute atomic E-state index is 12.2. The molecule has 3 fully saturated rings. The fourth-order valence-corrected chi connectivity index (χ4v) is 4.84. The number of allylic oxidation sites excluding steroid dienone is 1. The van der Waals surface area contributed by atoms with Gasteiger partial charge in [-0.15, -0.1) is 6.58 Å². The molecule has 1 aliphatic carbocycles. The van der Waals surface area contributed by atoms with Crippen molar-refractivity contribution in [3.8, 4) is 0 Å². The van der Waals surface area contributed by atoms with Gasteiger partial charge in [0.15, 0.2) is 0 Å². The summed E-state index contributed by atoms with van der Waals surface area (Å²) in [6.45, 7) is 5.95. The van der Waals surface area contributed by atoms with Gasteiger partial charge in [-0.05, 0) is 54.5 Å². The van der Waals surface area contributed by atoms with E-state index in [0.29, 0.717) is 11.8 Å². The van der Waals surface area contributed by atoms with Crippen LogP contribution >= 0.6 is 0 Å². The Balaban J connectivity index is 1.64. The third kappa shape index (κ3) is 2.85. The lowest BCUT2D eigenvalue weighted by Gasteiger charge is -2.51. The van der Waals surface area contributed by atoms with Crippen molar-refractivity contribution in [3.05, 3.63) is 47.8 Å². The fraction of sp³-hybridized carbons (Fsp3) is 0.550. The molecule has 3 saturated heterocycles. The first-order valence-corrected chi connectivity index (χ1v) is 9.11. The Labute approximate surface area is 148 Å². The standard InChI is InChI=1S/C20H26N2O3/c1-3-12-11-22-7-6-13(12)8-18(22)20(24)16-10-19(23)21-17-5-4-14(25-2)9-15(16)17/h3-5,9,12-13,17-18,20,24H,1,6-8,10-11H2,2H3,(H,21,23). The molecular weight excluding hydrogens is 316 g/mol. The number of piperidine rings is 3. The van der Waals surface area contributed by atoms with E-state index in [0.717, 1.165) is 36.4 Å². The molecule has 5 aliphatic rings. The van der Waals surface area contributed by atoms with Gasteiger partial charge < -0.3 is 15.2 Å². The summed E-state index contributed by atoms with van der Waals surface area (Å²) in [5.74, 6) is 1.85. The van der Waals surface area contributed by atoms with Crippen molar-refractivity contribution in [2.24, 2.45) is 11.8 Å². The molecule has 0 aromatic carbocycles. The fourth-order valence-electron chi connectivity index (χ4n) is 4.84. The molecule has 5 heteroatoms. The number of rotatable bonds is 4. The number of carbonyl (C=O) groups excluding carboxylic acids is 1. The highest BCUT2D eigenvalue weighted by Gasteiger charge is 2.44. The second-order valence-electron chi connectivity index (χ2n) is 7.50. The van der Waals surface area contributed by atoms with E-state index in [1.165, 1.54) is 6.42 Å². The van der Waals surface area contributed by atoms with Crippen molar-refractivity contribution in [2.75, 3.05) is 20.2 Å². The SMILES string of the molecule is C=CC1CN2CCC1CC2C(O)C1=C2C=C(OC)C=CC2NC(=O)C1. The highest BCUT2D eigenvalue weighted by Crippen LogP contribution is 2.40. The second kappa shape index (κ2) is 6.46. The largest absolute Gasteiger partial charge is 0.497 e. The van der Waals surface area contributed by atoms with Gasteiger partial charge >= 0.3 is 0 Å². The van der Waals surface area contributed by atoms with Gasteiger partial charge in [0.25, 0.3) is 0 Å². The number of carbonyl (C=O) groups is 1. The molecule has 1 amide bonds. The lowest BCUT2D eigenvalue weighted by molar-refractivity contribution is -0.121. The Morgan fingerprint density at radius 1 is 1.52 bits per heavy atom. The highest BCUT2D eigenvalue weighted by atomic mass is 16.5. The van der Waals surface area contributed by atoms with E-state index in [1.807, 2.05) is 18.2 Å². The maximum Gasteiger partial charge on any atom is 0.224 e. The van der Waals surface area contributed by atoms with Gasteiger partial charge in [0.1, 0.15) is 5.76 Å². The third-order valence-corrected chi connectivity index (χ3v) is 6.24. The zero-order chi connectivity index (χ0) is 17.6. The van der Waals surface area contributed by atoms with Crippen LogP contribution in [0.2, 0.25) is 0 Å². The summed E-state index contributed by atoms with van der Waals surface area (Å²) >= 11 is 0. The second-order valence-corrected chi connectivity index (χ2v) is 7.50. The molecule has 4 heterocycles. The number of hydrogen-bond acceptors (Lipinski definition) is 4. The van der Waals surface area contributed by atoms with E-state index in [-0.39, 0.29) is 24.4 Å². The van der Waals surface area contributed by atoms with Crippen molar-refractivity contribution in [2.45, 2.75) is 37.5 Å². The topological polar surface area (TPSA) is 61.8 Å². The van der Waals surface area contributed by atoms with Gasteiger partial charge in [0.2, 0.25) is 5.91 Å². The van der Waals surface area contributed by atoms with Crippen LogP contribution in [0, 0.1) is 11.8 Å². The zero-order valence-corrected chi connectivity index (χ0v) is 14.6. The number of methoxy groups -OCH3 is 1. The number of nitrogens with one attached hydrogen (secondary N) is 1. The number of hydrogen-bond donors (Lipinski definition) is 2.